The lowest BCUT2D eigenvalue weighted by atomic mass is 10.0. The van der Waals surface area contributed by atoms with Gasteiger partial charge in [-0.2, -0.15) is 0 Å². The molecule has 2 aliphatic heterocycles. The maximum absolute atomic E-state index is 12.7. The summed E-state index contributed by atoms with van der Waals surface area (Å²) >= 11 is 0. The predicted octanol–water partition coefficient (Wildman–Crippen LogP) is 3.39. The van der Waals surface area contributed by atoms with Crippen LogP contribution < -0.4 is 14.8 Å². The molecule has 0 spiro atoms. The van der Waals surface area contributed by atoms with Crippen LogP contribution in [0.15, 0.2) is 22.7 Å². The average molecular weight is 329 g/mol. The highest BCUT2D eigenvalue weighted by atomic mass is 16.7. The van der Waals surface area contributed by atoms with Crippen molar-refractivity contribution in [2.75, 3.05) is 18.7 Å². The van der Waals surface area contributed by atoms with E-state index < -0.39 is 0 Å². The van der Waals surface area contributed by atoms with Crippen molar-refractivity contribution in [3.8, 4) is 11.5 Å². The fourth-order valence-corrected chi connectivity index (χ4v) is 3.45. The van der Waals surface area contributed by atoms with Crippen LogP contribution in [0.1, 0.15) is 35.9 Å². The number of hydrogen-bond donors (Lipinski definition) is 1. The molecule has 4 rings (SSSR count). The molecule has 7 nitrogen and oxygen atoms in total. The molecule has 1 atom stereocenters. The highest BCUT2D eigenvalue weighted by Gasteiger charge is 2.34. The van der Waals surface area contributed by atoms with Crippen LogP contribution in [0.25, 0.3) is 0 Å². The van der Waals surface area contributed by atoms with E-state index in [4.69, 9.17) is 14.0 Å². The number of carbonyl (C=O) groups excluding carboxylic acids is 1. The van der Waals surface area contributed by atoms with Crippen LogP contribution in [-0.2, 0) is 0 Å². The van der Waals surface area contributed by atoms with Gasteiger partial charge in [-0.25, -0.2) is 4.79 Å². The van der Waals surface area contributed by atoms with E-state index in [0.29, 0.717) is 23.7 Å². The minimum absolute atomic E-state index is 0.00487. The number of anilines is 1. The molecule has 0 radical (unpaired) electrons. The summed E-state index contributed by atoms with van der Waals surface area (Å²) < 4.78 is 15.9. The molecular weight excluding hydrogens is 310 g/mol. The first-order chi connectivity index (χ1) is 11.6. The zero-order valence-electron chi connectivity index (χ0n) is 13.7. The Bertz CT molecular complexity index is 767. The topological polar surface area (TPSA) is 76.8 Å². The summed E-state index contributed by atoms with van der Waals surface area (Å²) in [6.45, 7) is 4.73. The second-order valence-electron chi connectivity index (χ2n) is 6.09. The fourth-order valence-electron chi connectivity index (χ4n) is 3.45. The zero-order valence-corrected chi connectivity index (χ0v) is 13.7. The first-order valence-electron chi connectivity index (χ1n) is 8.03. The van der Waals surface area contributed by atoms with E-state index in [1.54, 1.807) is 12.1 Å². The lowest BCUT2D eigenvalue weighted by molar-refractivity contribution is 0.174. The quantitative estimate of drug-likeness (QED) is 0.914. The number of aromatic nitrogens is 1. The summed E-state index contributed by atoms with van der Waals surface area (Å²) in [5.74, 6) is 2.12. The molecule has 2 amide bonds. The zero-order chi connectivity index (χ0) is 16.7. The number of benzene rings is 1. The second kappa shape index (κ2) is 5.74. The number of aryl methyl sites for hydroxylation is 2. The SMILES string of the molecule is Cc1noc(C)c1[C@@H]1CCCN1C(=O)Nc1ccc2c(c1)OCO2. The third kappa shape index (κ3) is 2.46. The van der Waals surface area contributed by atoms with Gasteiger partial charge in [0.15, 0.2) is 11.5 Å². The molecule has 1 aromatic heterocycles. The van der Waals surface area contributed by atoms with Gasteiger partial charge in [0.1, 0.15) is 5.76 Å². The van der Waals surface area contributed by atoms with E-state index in [1.807, 2.05) is 24.8 Å². The number of nitrogens with zero attached hydrogens (tertiary/aromatic N) is 2. The minimum Gasteiger partial charge on any atom is -0.454 e. The fraction of sp³-hybridized carbons (Fsp3) is 0.412. The summed E-state index contributed by atoms with van der Waals surface area (Å²) in [6, 6.07) is 5.27. The van der Waals surface area contributed by atoms with Gasteiger partial charge in [-0.1, -0.05) is 5.16 Å². The van der Waals surface area contributed by atoms with Gasteiger partial charge in [0, 0.05) is 23.9 Å². The van der Waals surface area contributed by atoms with Gasteiger partial charge < -0.3 is 24.2 Å². The Balaban J connectivity index is 1.53. The number of nitrogens with one attached hydrogen (secondary N) is 1. The van der Waals surface area contributed by atoms with Crippen molar-refractivity contribution in [2.24, 2.45) is 0 Å². The second-order valence-corrected chi connectivity index (χ2v) is 6.09. The molecule has 2 aliphatic rings. The lowest BCUT2D eigenvalue weighted by Crippen LogP contribution is -2.34. The van der Waals surface area contributed by atoms with Crippen LogP contribution in [-0.4, -0.2) is 29.4 Å². The van der Waals surface area contributed by atoms with Crippen LogP contribution in [0.2, 0.25) is 0 Å². The number of likely N-dealkylation sites (tertiary alicyclic amines) is 1. The summed E-state index contributed by atoms with van der Waals surface area (Å²) in [4.78, 5) is 14.6. The third-order valence-electron chi connectivity index (χ3n) is 4.56. The predicted molar refractivity (Wildman–Crippen MR) is 86.2 cm³/mol. The number of urea groups is 1. The van der Waals surface area contributed by atoms with Gasteiger partial charge >= 0.3 is 6.03 Å². The number of rotatable bonds is 2. The molecule has 1 fully saturated rings. The van der Waals surface area contributed by atoms with Crippen LogP contribution in [0.4, 0.5) is 10.5 Å². The van der Waals surface area contributed by atoms with E-state index in [9.17, 15) is 4.79 Å². The molecule has 2 aromatic rings. The van der Waals surface area contributed by atoms with E-state index in [0.717, 1.165) is 29.9 Å². The largest absolute Gasteiger partial charge is 0.454 e. The first-order valence-corrected chi connectivity index (χ1v) is 8.03. The first kappa shape index (κ1) is 14.9. The highest BCUT2D eigenvalue weighted by Crippen LogP contribution is 2.37. The molecule has 1 N–H and O–H groups in total. The van der Waals surface area contributed by atoms with Crippen molar-refractivity contribution in [1.82, 2.24) is 10.1 Å². The Labute approximate surface area is 139 Å². The van der Waals surface area contributed by atoms with Crippen molar-refractivity contribution in [3.63, 3.8) is 0 Å². The van der Waals surface area contributed by atoms with Gasteiger partial charge in [-0.3, -0.25) is 0 Å². The van der Waals surface area contributed by atoms with Crippen molar-refractivity contribution >= 4 is 11.7 Å². The molecule has 1 aromatic carbocycles. The molecular formula is C17H19N3O4. The lowest BCUT2D eigenvalue weighted by Gasteiger charge is -2.25. The molecule has 1 saturated heterocycles. The number of hydrogen-bond acceptors (Lipinski definition) is 5. The Kier molecular flexibility index (Phi) is 3.55. The van der Waals surface area contributed by atoms with Crippen LogP contribution in [0.5, 0.6) is 11.5 Å². The Morgan fingerprint density at radius 2 is 2.12 bits per heavy atom. The molecule has 0 saturated carbocycles. The van der Waals surface area contributed by atoms with Gasteiger partial charge in [0.2, 0.25) is 6.79 Å². The van der Waals surface area contributed by atoms with Gasteiger partial charge in [0.05, 0.1) is 11.7 Å². The van der Waals surface area contributed by atoms with Crippen molar-refractivity contribution in [1.29, 1.82) is 0 Å². The normalized spacial score (nSPS) is 18.9. The summed E-state index contributed by atoms with van der Waals surface area (Å²) in [5, 5.41) is 6.96. The van der Waals surface area contributed by atoms with E-state index >= 15 is 0 Å². The van der Waals surface area contributed by atoms with Crippen molar-refractivity contribution < 1.29 is 18.8 Å². The summed E-state index contributed by atoms with van der Waals surface area (Å²) in [6.07, 6.45) is 1.88. The molecule has 0 bridgehead atoms. The van der Waals surface area contributed by atoms with E-state index in [-0.39, 0.29) is 18.9 Å². The Morgan fingerprint density at radius 1 is 1.29 bits per heavy atom. The van der Waals surface area contributed by atoms with Crippen LogP contribution >= 0.6 is 0 Å². The highest BCUT2D eigenvalue weighted by molar-refractivity contribution is 5.90. The average Bonchev–Trinajstić information content (AvgIpc) is 3.27. The molecule has 126 valence electrons. The third-order valence-corrected chi connectivity index (χ3v) is 4.56. The molecule has 24 heavy (non-hydrogen) atoms. The maximum Gasteiger partial charge on any atom is 0.322 e. The smallest absolute Gasteiger partial charge is 0.322 e. The van der Waals surface area contributed by atoms with E-state index in [1.165, 1.54) is 0 Å². The number of amides is 2. The van der Waals surface area contributed by atoms with Gasteiger partial charge in [-0.15, -0.1) is 0 Å². The van der Waals surface area contributed by atoms with Crippen molar-refractivity contribution in [3.05, 3.63) is 35.2 Å². The molecule has 0 aliphatic carbocycles. The minimum atomic E-state index is -0.128. The Hall–Kier alpha value is -2.70. The number of ether oxygens (including phenoxy) is 2. The van der Waals surface area contributed by atoms with Crippen LogP contribution in [0.3, 0.4) is 0 Å². The molecule has 0 unspecified atom stereocenters. The molecule has 3 heterocycles. The standard InChI is InChI=1S/C17H19N3O4/c1-10-16(11(2)24-19-10)13-4-3-7-20(13)17(21)18-12-5-6-14-15(8-12)23-9-22-14/h5-6,8,13H,3-4,7,9H2,1-2H3,(H,18,21)/t13-/m0/s1. The molecule has 7 heteroatoms. The summed E-state index contributed by atoms with van der Waals surface area (Å²) in [5.41, 5.74) is 2.56. The van der Waals surface area contributed by atoms with Gasteiger partial charge in [-0.05, 0) is 38.8 Å². The number of carbonyl (C=O) groups is 1. The van der Waals surface area contributed by atoms with Crippen molar-refractivity contribution in [2.45, 2.75) is 32.7 Å². The van der Waals surface area contributed by atoms with E-state index in [2.05, 4.69) is 10.5 Å². The number of fused-ring (bicyclic) bond motifs is 1. The van der Waals surface area contributed by atoms with Crippen LogP contribution in [0, 0.1) is 13.8 Å². The summed E-state index contributed by atoms with van der Waals surface area (Å²) in [7, 11) is 0. The maximum atomic E-state index is 12.7. The van der Waals surface area contributed by atoms with Gasteiger partial charge in [0.25, 0.3) is 0 Å². The Morgan fingerprint density at radius 3 is 2.92 bits per heavy atom. The monoisotopic (exact) mass is 329 g/mol.